The number of hydrogen-bond acceptors (Lipinski definition) is 4. The molecular weight excluding hydrogens is 474 g/mol. The zero-order valence-corrected chi connectivity index (χ0v) is 20.6. The van der Waals surface area contributed by atoms with Gasteiger partial charge in [-0.2, -0.15) is 0 Å². The number of fused-ring (bicyclic) bond motifs is 5. The van der Waals surface area contributed by atoms with Crippen LogP contribution in [0.25, 0.3) is 5.57 Å². The van der Waals surface area contributed by atoms with Crippen molar-refractivity contribution in [2.45, 2.75) is 0 Å². The fourth-order valence-electron chi connectivity index (χ4n) is 5.98. The van der Waals surface area contributed by atoms with Crippen molar-refractivity contribution in [3.63, 3.8) is 0 Å². The number of methoxy groups -OCH3 is 2. The summed E-state index contributed by atoms with van der Waals surface area (Å²) in [5, 5.41) is 0.396. The highest BCUT2D eigenvalue weighted by Gasteiger charge is 2.62. The van der Waals surface area contributed by atoms with Gasteiger partial charge in [-0.15, -0.1) is 0 Å². The number of para-hydroxylation sites is 1. The second-order valence-corrected chi connectivity index (χ2v) is 9.65. The fraction of sp³-hybridized carbons (Fsp3) is 0.200. The van der Waals surface area contributed by atoms with E-state index >= 15 is 0 Å². The molecule has 1 aliphatic heterocycles. The van der Waals surface area contributed by atoms with Crippen LogP contribution in [0.2, 0.25) is 5.02 Å². The fourth-order valence-corrected chi connectivity index (χ4v) is 6.20. The Morgan fingerprint density at radius 2 is 1.19 bits per heavy atom. The third-order valence-electron chi connectivity index (χ3n) is 7.56. The van der Waals surface area contributed by atoms with E-state index < -0.39 is 11.8 Å². The first-order valence-corrected chi connectivity index (χ1v) is 12.2. The molecule has 4 atom stereocenters. The molecule has 3 aromatic rings. The van der Waals surface area contributed by atoms with Crippen molar-refractivity contribution in [3.05, 3.63) is 107 Å². The number of allylic oxidation sites excluding steroid dienone is 3. The van der Waals surface area contributed by atoms with Gasteiger partial charge in [-0.3, -0.25) is 9.59 Å². The van der Waals surface area contributed by atoms with Crippen LogP contribution in [-0.2, 0) is 9.59 Å². The second kappa shape index (κ2) is 8.68. The van der Waals surface area contributed by atoms with Gasteiger partial charge in [0.15, 0.2) is 0 Å². The van der Waals surface area contributed by atoms with Crippen LogP contribution >= 0.6 is 11.6 Å². The molecule has 3 aromatic carbocycles. The van der Waals surface area contributed by atoms with Crippen LogP contribution < -0.4 is 14.4 Å². The number of carbonyl (C=O) groups is 2. The standard InChI is InChI=1S/C30H24ClNO4/c1-35-19-11-7-17(8-12-19)25(18-9-13-20(36-2)14-10-18)26-21-15-16-22(26)28-27(21)29(33)32(30(28)34)24-6-4-3-5-23(24)31/h3-16,21-22,27-28H,1-2H3/t21-,22-,27-,28-/m1/s1. The molecule has 6 rings (SSSR count). The van der Waals surface area contributed by atoms with E-state index in [0.29, 0.717) is 10.7 Å². The lowest BCUT2D eigenvalue weighted by molar-refractivity contribution is -0.122. The van der Waals surface area contributed by atoms with Crippen molar-refractivity contribution in [1.82, 2.24) is 0 Å². The molecule has 5 nitrogen and oxygen atoms in total. The summed E-state index contributed by atoms with van der Waals surface area (Å²) in [7, 11) is 3.28. The molecule has 0 radical (unpaired) electrons. The van der Waals surface area contributed by atoms with Crippen LogP contribution in [0, 0.1) is 23.7 Å². The molecule has 0 aromatic heterocycles. The first-order valence-electron chi connectivity index (χ1n) is 11.9. The van der Waals surface area contributed by atoms with Gasteiger partial charge in [-0.05, 0) is 58.7 Å². The molecule has 2 fully saturated rings. The number of benzene rings is 3. The summed E-state index contributed by atoms with van der Waals surface area (Å²) in [6, 6.07) is 22.8. The SMILES string of the molecule is COc1ccc(C(=C2[C@H]3C=C[C@H]2[C@H]2C(=O)N(c4ccccc4Cl)C(=O)[C@@H]23)c2ccc(OC)cc2)cc1. The van der Waals surface area contributed by atoms with Gasteiger partial charge in [0.05, 0.1) is 36.8 Å². The lowest BCUT2D eigenvalue weighted by Gasteiger charge is -2.22. The number of nitrogens with zero attached hydrogens (tertiary/aromatic N) is 1. The topological polar surface area (TPSA) is 55.8 Å². The highest BCUT2D eigenvalue weighted by molar-refractivity contribution is 6.36. The van der Waals surface area contributed by atoms with Gasteiger partial charge >= 0.3 is 0 Å². The number of imide groups is 1. The molecule has 6 heteroatoms. The van der Waals surface area contributed by atoms with Gasteiger partial charge < -0.3 is 9.47 Å². The first-order chi connectivity index (χ1) is 17.5. The zero-order valence-electron chi connectivity index (χ0n) is 19.9. The number of ether oxygens (including phenoxy) is 2. The monoisotopic (exact) mass is 497 g/mol. The largest absolute Gasteiger partial charge is 0.497 e. The number of rotatable bonds is 5. The summed E-state index contributed by atoms with van der Waals surface area (Å²) in [4.78, 5) is 28.7. The summed E-state index contributed by atoms with van der Waals surface area (Å²) >= 11 is 6.38. The van der Waals surface area contributed by atoms with E-state index in [1.807, 2.05) is 48.5 Å². The Labute approximate surface area is 214 Å². The highest BCUT2D eigenvalue weighted by atomic mass is 35.5. The molecule has 36 heavy (non-hydrogen) atoms. The molecule has 0 unspecified atom stereocenters. The quantitative estimate of drug-likeness (QED) is 0.331. The van der Waals surface area contributed by atoms with Crippen molar-refractivity contribution >= 4 is 34.7 Å². The van der Waals surface area contributed by atoms with E-state index in [4.69, 9.17) is 21.1 Å². The summed E-state index contributed by atoms with van der Waals surface area (Å²) in [6.07, 6.45) is 4.19. The van der Waals surface area contributed by atoms with Gasteiger partial charge in [-0.25, -0.2) is 4.90 Å². The number of amides is 2. The van der Waals surface area contributed by atoms with Crippen molar-refractivity contribution < 1.29 is 19.1 Å². The minimum atomic E-state index is -0.440. The Bertz CT molecular complexity index is 1340. The Morgan fingerprint density at radius 1 is 0.722 bits per heavy atom. The molecule has 2 bridgehead atoms. The van der Waals surface area contributed by atoms with Gasteiger partial charge in [0.2, 0.25) is 11.8 Å². The smallest absolute Gasteiger partial charge is 0.238 e. The summed E-state index contributed by atoms with van der Waals surface area (Å²) in [5.74, 6) is -0.0414. The van der Waals surface area contributed by atoms with E-state index in [1.165, 1.54) is 4.90 Å². The number of carbonyl (C=O) groups excluding carboxylic acids is 2. The van der Waals surface area contributed by atoms with Crippen LogP contribution in [0.1, 0.15) is 11.1 Å². The van der Waals surface area contributed by atoms with Crippen LogP contribution in [0.5, 0.6) is 11.5 Å². The molecule has 2 aliphatic carbocycles. The molecule has 180 valence electrons. The maximum absolute atomic E-state index is 13.7. The van der Waals surface area contributed by atoms with E-state index in [1.54, 1.807) is 38.5 Å². The molecule has 2 amide bonds. The van der Waals surface area contributed by atoms with E-state index in [9.17, 15) is 9.59 Å². The minimum absolute atomic E-state index is 0.164. The van der Waals surface area contributed by atoms with Crippen LogP contribution in [0.3, 0.4) is 0 Å². The minimum Gasteiger partial charge on any atom is -0.497 e. The van der Waals surface area contributed by atoms with Gasteiger partial charge in [-0.1, -0.05) is 60.2 Å². The Balaban J connectivity index is 1.48. The predicted octanol–water partition coefficient (Wildman–Crippen LogP) is 5.78. The molecule has 0 spiro atoms. The third-order valence-corrected chi connectivity index (χ3v) is 7.87. The summed E-state index contributed by atoms with van der Waals surface area (Å²) in [6.45, 7) is 0. The molecule has 1 heterocycles. The van der Waals surface area contributed by atoms with Crippen molar-refractivity contribution in [2.75, 3.05) is 19.1 Å². The third kappa shape index (κ3) is 3.30. The molecule has 1 saturated carbocycles. The number of hydrogen-bond donors (Lipinski definition) is 0. The second-order valence-electron chi connectivity index (χ2n) is 9.24. The van der Waals surface area contributed by atoms with Crippen molar-refractivity contribution in [3.8, 4) is 11.5 Å². The lowest BCUT2D eigenvalue weighted by Crippen LogP contribution is -2.33. The Hall–Kier alpha value is -3.83. The van der Waals surface area contributed by atoms with Crippen molar-refractivity contribution in [1.29, 1.82) is 0 Å². The normalized spacial score (nSPS) is 23.9. The van der Waals surface area contributed by atoms with Crippen LogP contribution in [-0.4, -0.2) is 26.0 Å². The van der Waals surface area contributed by atoms with Crippen molar-refractivity contribution in [2.24, 2.45) is 23.7 Å². The van der Waals surface area contributed by atoms with E-state index in [2.05, 4.69) is 12.2 Å². The Kier molecular flexibility index (Phi) is 5.45. The highest BCUT2D eigenvalue weighted by Crippen LogP contribution is 2.59. The summed E-state index contributed by atoms with van der Waals surface area (Å²) in [5.41, 5.74) is 4.63. The molecule has 3 aliphatic rings. The first kappa shape index (κ1) is 22.6. The average Bonchev–Trinajstić information content (AvgIpc) is 3.54. The van der Waals surface area contributed by atoms with Gasteiger partial charge in [0.25, 0.3) is 0 Å². The zero-order chi connectivity index (χ0) is 25.0. The number of anilines is 1. The molecule has 0 N–H and O–H groups in total. The lowest BCUT2D eigenvalue weighted by atomic mass is 9.85. The average molecular weight is 498 g/mol. The van der Waals surface area contributed by atoms with Gasteiger partial charge in [0, 0.05) is 11.8 Å². The molecule has 1 saturated heterocycles. The molecular formula is C30H24ClNO4. The predicted molar refractivity (Wildman–Crippen MR) is 139 cm³/mol. The van der Waals surface area contributed by atoms with Gasteiger partial charge in [0.1, 0.15) is 11.5 Å². The summed E-state index contributed by atoms with van der Waals surface area (Å²) < 4.78 is 10.7. The van der Waals surface area contributed by atoms with Crippen LogP contribution in [0.4, 0.5) is 5.69 Å². The van der Waals surface area contributed by atoms with E-state index in [0.717, 1.165) is 33.8 Å². The number of halogens is 1. The maximum Gasteiger partial charge on any atom is 0.238 e. The van der Waals surface area contributed by atoms with Crippen LogP contribution in [0.15, 0.2) is 90.5 Å². The maximum atomic E-state index is 13.7. The van der Waals surface area contributed by atoms with E-state index in [-0.39, 0.29) is 23.7 Å². The Morgan fingerprint density at radius 3 is 1.64 bits per heavy atom.